The highest BCUT2D eigenvalue weighted by Gasteiger charge is 2.43. The molecular weight excluding hydrogens is 152 g/mol. The van der Waals surface area contributed by atoms with E-state index in [1.165, 1.54) is 6.42 Å². The van der Waals surface area contributed by atoms with E-state index in [0.717, 1.165) is 12.8 Å². The molecule has 3 nitrogen and oxygen atoms in total. The summed E-state index contributed by atoms with van der Waals surface area (Å²) in [7, 11) is 4.00. The first-order chi connectivity index (χ1) is 5.72. The van der Waals surface area contributed by atoms with E-state index in [4.69, 9.17) is 10.5 Å². The van der Waals surface area contributed by atoms with Crippen molar-refractivity contribution in [2.75, 3.05) is 14.2 Å². The molecular formula is C9H18N2O. The van der Waals surface area contributed by atoms with Crippen molar-refractivity contribution in [2.24, 2.45) is 5.73 Å². The average Bonchev–Trinajstić information content (AvgIpc) is 2.27. The molecule has 2 bridgehead atoms. The van der Waals surface area contributed by atoms with Gasteiger partial charge in [-0.1, -0.05) is 0 Å². The van der Waals surface area contributed by atoms with Gasteiger partial charge in [0.15, 0.2) is 0 Å². The second-order valence-electron chi connectivity index (χ2n) is 4.13. The van der Waals surface area contributed by atoms with Crippen molar-refractivity contribution in [2.45, 2.75) is 43.5 Å². The van der Waals surface area contributed by atoms with E-state index in [-0.39, 0.29) is 0 Å². The number of fused-ring (bicyclic) bond motifs is 2. The lowest BCUT2D eigenvalue weighted by atomic mass is 9.99. The van der Waals surface area contributed by atoms with Gasteiger partial charge in [-0.3, -0.25) is 4.90 Å². The van der Waals surface area contributed by atoms with Gasteiger partial charge in [-0.25, -0.2) is 0 Å². The zero-order valence-corrected chi connectivity index (χ0v) is 7.86. The number of ether oxygens (including phenoxy) is 1. The van der Waals surface area contributed by atoms with E-state index in [1.54, 1.807) is 0 Å². The van der Waals surface area contributed by atoms with Gasteiger partial charge in [0.25, 0.3) is 0 Å². The zero-order chi connectivity index (χ0) is 8.72. The lowest BCUT2D eigenvalue weighted by molar-refractivity contribution is 0.0574. The molecule has 0 aromatic rings. The topological polar surface area (TPSA) is 38.5 Å². The highest BCUT2D eigenvalue weighted by atomic mass is 16.5. The Hall–Kier alpha value is -0.120. The summed E-state index contributed by atoms with van der Waals surface area (Å²) in [6.07, 6.45) is 3.84. The molecule has 2 saturated heterocycles. The number of rotatable bonds is 1. The molecule has 0 saturated carbocycles. The fourth-order valence-electron chi connectivity index (χ4n) is 2.71. The first-order valence-electron chi connectivity index (χ1n) is 4.72. The highest BCUT2D eigenvalue weighted by Crippen LogP contribution is 2.35. The maximum atomic E-state index is 5.95. The number of nitrogens with zero attached hydrogens (tertiary/aromatic N) is 1. The van der Waals surface area contributed by atoms with Crippen molar-refractivity contribution in [1.29, 1.82) is 0 Å². The number of hydrogen-bond acceptors (Lipinski definition) is 3. The van der Waals surface area contributed by atoms with Gasteiger partial charge >= 0.3 is 0 Å². The predicted octanol–water partition coefficient (Wildman–Crippen LogP) is 0.195. The van der Waals surface area contributed by atoms with Crippen LogP contribution in [0, 0.1) is 0 Å². The SMILES string of the molecule is COC1C[C@@H]2CC(N)C[C@H]1N2C. The minimum absolute atomic E-state index is 0.399. The maximum Gasteiger partial charge on any atom is 0.0741 e. The van der Waals surface area contributed by atoms with Crippen LogP contribution < -0.4 is 5.73 Å². The molecule has 2 aliphatic rings. The summed E-state index contributed by atoms with van der Waals surface area (Å²) in [6.45, 7) is 0. The third kappa shape index (κ3) is 1.16. The number of nitrogens with two attached hydrogens (primary N) is 1. The Morgan fingerprint density at radius 2 is 2.08 bits per heavy atom. The molecule has 70 valence electrons. The summed E-state index contributed by atoms with van der Waals surface area (Å²) in [6, 6.07) is 1.64. The van der Waals surface area contributed by atoms with Crippen LogP contribution >= 0.6 is 0 Å². The van der Waals surface area contributed by atoms with Crippen molar-refractivity contribution in [1.82, 2.24) is 4.90 Å². The number of hydrogen-bond donors (Lipinski definition) is 1. The lowest BCUT2D eigenvalue weighted by Crippen LogP contribution is -2.47. The van der Waals surface area contributed by atoms with Crippen molar-refractivity contribution in [3.63, 3.8) is 0 Å². The van der Waals surface area contributed by atoms with Crippen LogP contribution in [-0.4, -0.2) is 43.3 Å². The van der Waals surface area contributed by atoms with E-state index in [0.29, 0.717) is 24.2 Å². The van der Waals surface area contributed by atoms with Gasteiger partial charge in [-0.2, -0.15) is 0 Å². The quantitative estimate of drug-likeness (QED) is 0.611. The standard InChI is InChI=1S/C9H18N2O/c1-11-7-3-6(10)4-8(11)9(5-7)12-2/h6-9H,3-5,10H2,1-2H3/t6?,7-,8+,9?/m0/s1. The maximum absolute atomic E-state index is 5.95. The summed E-state index contributed by atoms with van der Waals surface area (Å²) < 4.78 is 5.45. The Bertz CT molecular complexity index is 174. The fraction of sp³-hybridized carbons (Fsp3) is 1.00. The van der Waals surface area contributed by atoms with Crippen LogP contribution in [0.4, 0.5) is 0 Å². The van der Waals surface area contributed by atoms with Crippen molar-refractivity contribution >= 4 is 0 Å². The predicted molar refractivity (Wildman–Crippen MR) is 48.0 cm³/mol. The molecule has 2 rings (SSSR count). The molecule has 2 unspecified atom stereocenters. The first kappa shape index (κ1) is 8.48. The largest absolute Gasteiger partial charge is 0.380 e. The minimum Gasteiger partial charge on any atom is -0.380 e. The third-order valence-corrected chi connectivity index (χ3v) is 3.45. The highest BCUT2D eigenvalue weighted by molar-refractivity contribution is 5.00. The van der Waals surface area contributed by atoms with Crippen LogP contribution in [0.3, 0.4) is 0 Å². The first-order valence-corrected chi connectivity index (χ1v) is 4.72. The van der Waals surface area contributed by atoms with Crippen LogP contribution in [0.25, 0.3) is 0 Å². The van der Waals surface area contributed by atoms with Gasteiger partial charge in [-0.05, 0) is 26.3 Å². The molecule has 0 aliphatic carbocycles. The van der Waals surface area contributed by atoms with Crippen molar-refractivity contribution in [3.8, 4) is 0 Å². The second kappa shape index (κ2) is 2.98. The molecule has 2 N–H and O–H groups in total. The Morgan fingerprint density at radius 1 is 1.33 bits per heavy atom. The smallest absolute Gasteiger partial charge is 0.0741 e. The lowest BCUT2D eigenvalue weighted by Gasteiger charge is -2.35. The van der Waals surface area contributed by atoms with Gasteiger partial charge in [0.2, 0.25) is 0 Å². The summed E-state index contributed by atoms with van der Waals surface area (Å²) >= 11 is 0. The van der Waals surface area contributed by atoms with Crippen LogP contribution in [-0.2, 0) is 4.74 Å². The summed E-state index contributed by atoms with van der Waals surface area (Å²) in [5.74, 6) is 0. The molecule has 0 aromatic carbocycles. The molecule has 4 atom stereocenters. The number of likely N-dealkylation sites (N-methyl/N-ethyl adjacent to an activating group) is 1. The van der Waals surface area contributed by atoms with Crippen LogP contribution in [0.15, 0.2) is 0 Å². The Balaban J connectivity index is 2.11. The third-order valence-electron chi connectivity index (χ3n) is 3.45. The van der Waals surface area contributed by atoms with Crippen LogP contribution in [0.5, 0.6) is 0 Å². The summed E-state index contributed by atoms with van der Waals surface area (Å²) in [5, 5.41) is 0. The van der Waals surface area contributed by atoms with E-state index in [1.807, 2.05) is 7.11 Å². The Kier molecular flexibility index (Phi) is 2.10. The summed E-state index contributed by atoms with van der Waals surface area (Å²) in [5.41, 5.74) is 5.95. The van der Waals surface area contributed by atoms with Crippen LogP contribution in [0.2, 0.25) is 0 Å². The van der Waals surface area contributed by atoms with E-state index in [2.05, 4.69) is 11.9 Å². The molecule has 2 aliphatic heterocycles. The Labute approximate surface area is 73.9 Å². The number of methoxy groups -OCH3 is 1. The molecule has 0 spiro atoms. The molecule has 12 heavy (non-hydrogen) atoms. The van der Waals surface area contributed by atoms with Crippen molar-refractivity contribution in [3.05, 3.63) is 0 Å². The van der Waals surface area contributed by atoms with Gasteiger partial charge in [0.1, 0.15) is 0 Å². The van der Waals surface area contributed by atoms with E-state index in [9.17, 15) is 0 Å². The van der Waals surface area contributed by atoms with E-state index >= 15 is 0 Å². The molecule has 2 heterocycles. The van der Waals surface area contributed by atoms with Crippen molar-refractivity contribution < 1.29 is 4.74 Å². The second-order valence-corrected chi connectivity index (χ2v) is 4.13. The molecule has 0 radical (unpaired) electrons. The molecule has 3 heteroatoms. The molecule has 2 fully saturated rings. The van der Waals surface area contributed by atoms with E-state index < -0.39 is 0 Å². The number of piperidine rings is 1. The Morgan fingerprint density at radius 3 is 2.75 bits per heavy atom. The normalized spacial score (nSPS) is 48.2. The van der Waals surface area contributed by atoms with Gasteiger partial charge in [0, 0.05) is 25.2 Å². The van der Waals surface area contributed by atoms with Crippen LogP contribution in [0.1, 0.15) is 19.3 Å². The minimum atomic E-state index is 0.399. The van der Waals surface area contributed by atoms with Gasteiger partial charge in [0.05, 0.1) is 6.10 Å². The van der Waals surface area contributed by atoms with Gasteiger partial charge in [-0.15, -0.1) is 0 Å². The molecule has 0 amide bonds. The van der Waals surface area contributed by atoms with Gasteiger partial charge < -0.3 is 10.5 Å². The monoisotopic (exact) mass is 170 g/mol. The zero-order valence-electron chi connectivity index (χ0n) is 7.86. The average molecular weight is 170 g/mol. The fourth-order valence-corrected chi connectivity index (χ4v) is 2.71. The summed E-state index contributed by atoms with van der Waals surface area (Å²) in [4.78, 5) is 2.44. The molecule has 0 aromatic heterocycles.